The van der Waals surface area contributed by atoms with Crippen LogP contribution in [0.25, 0.3) is 10.9 Å². The van der Waals surface area contributed by atoms with E-state index in [2.05, 4.69) is 29.4 Å². The summed E-state index contributed by atoms with van der Waals surface area (Å²) in [5.74, 6) is -0.441. The zero-order valence-corrected chi connectivity index (χ0v) is 12.7. The molecule has 5 heteroatoms. The normalized spacial score (nSPS) is 10.9. The summed E-state index contributed by atoms with van der Waals surface area (Å²) in [4.78, 5) is 12.1. The lowest BCUT2D eigenvalue weighted by molar-refractivity contribution is 0.0519. The topological polar surface area (TPSA) is 64.1 Å². The summed E-state index contributed by atoms with van der Waals surface area (Å²) in [7, 11) is 0. The molecule has 1 heterocycles. The van der Waals surface area contributed by atoms with Gasteiger partial charge in [-0.2, -0.15) is 0 Å². The van der Waals surface area contributed by atoms with Crippen molar-refractivity contribution in [1.29, 1.82) is 0 Å². The maximum atomic E-state index is 12.1. The molecule has 0 unspecified atom stereocenters. The van der Waals surface area contributed by atoms with Crippen LogP contribution in [0.4, 0.5) is 5.69 Å². The summed E-state index contributed by atoms with van der Waals surface area (Å²) >= 11 is 0. The zero-order chi connectivity index (χ0) is 15.2. The van der Waals surface area contributed by atoms with Gasteiger partial charge in [0.25, 0.3) is 0 Å². The van der Waals surface area contributed by atoms with Crippen LogP contribution in [0.2, 0.25) is 0 Å². The number of hydrogen-bond acceptors (Lipinski definition) is 5. The average molecular weight is 287 g/mol. The summed E-state index contributed by atoms with van der Waals surface area (Å²) in [6, 6.07) is 7.94. The Morgan fingerprint density at radius 3 is 2.57 bits per heavy atom. The van der Waals surface area contributed by atoms with Crippen molar-refractivity contribution in [2.24, 2.45) is 0 Å². The minimum absolute atomic E-state index is 0.252. The zero-order valence-electron chi connectivity index (χ0n) is 12.7. The van der Waals surface area contributed by atoms with E-state index >= 15 is 0 Å². The third-order valence-corrected chi connectivity index (χ3v) is 3.47. The van der Waals surface area contributed by atoms with Crippen LogP contribution in [0.1, 0.15) is 44.1 Å². The van der Waals surface area contributed by atoms with Gasteiger partial charge in [-0.05, 0) is 25.8 Å². The van der Waals surface area contributed by atoms with Crippen LogP contribution in [0.5, 0.6) is 0 Å². The Labute approximate surface area is 124 Å². The number of esters is 1. The number of nitrogens with zero attached hydrogens (tertiary/aromatic N) is 2. The molecule has 0 aliphatic carbocycles. The first-order chi connectivity index (χ1) is 10.2. The van der Waals surface area contributed by atoms with Crippen LogP contribution in [0.3, 0.4) is 0 Å². The van der Waals surface area contributed by atoms with Gasteiger partial charge in [-0.15, -0.1) is 10.2 Å². The smallest absolute Gasteiger partial charge is 0.361 e. The number of ether oxygens (including phenoxy) is 1. The van der Waals surface area contributed by atoms with Gasteiger partial charge in [-0.1, -0.05) is 32.0 Å². The van der Waals surface area contributed by atoms with E-state index < -0.39 is 5.97 Å². The lowest BCUT2D eigenvalue weighted by atomic mass is 10.1. The highest BCUT2D eigenvalue weighted by atomic mass is 16.5. The van der Waals surface area contributed by atoms with Crippen molar-refractivity contribution in [2.45, 2.75) is 39.7 Å². The van der Waals surface area contributed by atoms with Crippen molar-refractivity contribution in [3.05, 3.63) is 30.0 Å². The number of rotatable bonds is 6. The Kier molecular flexibility index (Phi) is 5.09. The number of carbonyl (C=O) groups excluding carboxylic acids is 1. The molecule has 0 atom stereocenters. The van der Waals surface area contributed by atoms with Crippen LogP contribution in [-0.4, -0.2) is 28.8 Å². The van der Waals surface area contributed by atoms with Crippen molar-refractivity contribution >= 4 is 22.6 Å². The highest BCUT2D eigenvalue weighted by Gasteiger charge is 2.20. The standard InChI is InChI=1S/C16H21N3O2/c1-4-11(5-2)17-14-12-9-7-8-10-13(12)18-19-15(14)16(20)21-6-3/h7-11H,4-6H2,1-3H3,(H,17,18). The SMILES string of the molecule is CCOC(=O)c1nnc2ccccc2c1NC(CC)CC. The number of hydrogen-bond donors (Lipinski definition) is 1. The Hall–Kier alpha value is -2.17. The summed E-state index contributed by atoms with van der Waals surface area (Å²) in [5.41, 5.74) is 1.73. The maximum absolute atomic E-state index is 12.1. The molecule has 1 aromatic heterocycles. The molecule has 1 N–H and O–H groups in total. The molecular formula is C16H21N3O2. The van der Waals surface area contributed by atoms with Crippen LogP contribution in [-0.2, 0) is 4.74 Å². The van der Waals surface area contributed by atoms with Gasteiger partial charge in [0.15, 0.2) is 5.69 Å². The van der Waals surface area contributed by atoms with Gasteiger partial charge in [0.1, 0.15) is 0 Å². The molecule has 0 saturated heterocycles. The first kappa shape index (κ1) is 15.2. The molecular weight excluding hydrogens is 266 g/mol. The van der Waals surface area contributed by atoms with E-state index in [1.807, 2.05) is 24.3 Å². The van der Waals surface area contributed by atoms with Crippen molar-refractivity contribution in [3.8, 4) is 0 Å². The molecule has 1 aromatic carbocycles. The number of aromatic nitrogens is 2. The Morgan fingerprint density at radius 2 is 1.90 bits per heavy atom. The summed E-state index contributed by atoms with van der Waals surface area (Å²) in [6.45, 7) is 6.32. The van der Waals surface area contributed by atoms with Crippen molar-refractivity contribution in [1.82, 2.24) is 10.2 Å². The Balaban J connectivity index is 2.54. The Bertz CT molecular complexity index is 624. The number of anilines is 1. The van der Waals surface area contributed by atoms with Gasteiger partial charge in [0.2, 0.25) is 0 Å². The second kappa shape index (κ2) is 7.02. The van der Waals surface area contributed by atoms with E-state index in [1.165, 1.54) is 0 Å². The van der Waals surface area contributed by atoms with Crippen LogP contribution in [0.15, 0.2) is 24.3 Å². The molecule has 0 radical (unpaired) electrons. The number of benzene rings is 1. The summed E-state index contributed by atoms with van der Waals surface area (Å²) in [6.07, 6.45) is 1.94. The lowest BCUT2D eigenvalue weighted by Gasteiger charge is -2.19. The fourth-order valence-corrected chi connectivity index (χ4v) is 2.24. The van der Waals surface area contributed by atoms with Gasteiger partial charge < -0.3 is 10.1 Å². The Morgan fingerprint density at radius 1 is 1.19 bits per heavy atom. The van der Waals surface area contributed by atoms with E-state index in [1.54, 1.807) is 6.92 Å². The van der Waals surface area contributed by atoms with Gasteiger partial charge >= 0.3 is 5.97 Å². The van der Waals surface area contributed by atoms with Gasteiger partial charge in [-0.3, -0.25) is 0 Å². The van der Waals surface area contributed by atoms with Gasteiger partial charge in [0, 0.05) is 11.4 Å². The molecule has 5 nitrogen and oxygen atoms in total. The molecule has 0 bridgehead atoms. The van der Waals surface area contributed by atoms with E-state index in [0.29, 0.717) is 12.3 Å². The third-order valence-electron chi connectivity index (χ3n) is 3.47. The second-order valence-electron chi connectivity index (χ2n) is 4.82. The van der Waals surface area contributed by atoms with Crippen LogP contribution >= 0.6 is 0 Å². The van der Waals surface area contributed by atoms with E-state index in [4.69, 9.17) is 4.74 Å². The minimum Gasteiger partial charge on any atom is -0.461 e. The number of carbonyl (C=O) groups is 1. The predicted molar refractivity (Wildman–Crippen MR) is 83.5 cm³/mol. The molecule has 0 amide bonds. The second-order valence-corrected chi connectivity index (χ2v) is 4.82. The fraction of sp³-hybridized carbons (Fsp3) is 0.438. The van der Waals surface area contributed by atoms with E-state index in [9.17, 15) is 4.79 Å². The summed E-state index contributed by atoms with van der Waals surface area (Å²) in [5, 5.41) is 12.5. The molecule has 21 heavy (non-hydrogen) atoms. The fourth-order valence-electron chi connectivity index (χ4n) is 2.24. The molecule has 2 rings (SSSR count). The largest absolute Gasteiger partial charge is 0.461 e. The molecule has 0 aliphatic rings. The first-order valence-corrected chi connectivity index (χ1v) is 7.40. The highest BCUT2D eigenvalue weighted by Crippen LogP contribution is 2.26. The third kappa shape index (κ3) is 3.29. The molecule has 0 aliphatic heterocycles. The van der Waals surface area contributed by atoms with Crippen molar-refractivity contribution in [2.75, 3.05) is 11.9 Å². The molecule has 112 valence electrons. The maximum Gasteiger partial charge on any atom is 0.361 e. The highest BCUT2D eigenvalue weighted by molar-refractivity contribution is 6.03. The average Bonchev–Trinajstić information content (AvgIpc) is 2.52. The monoisotopic (exact) mass is 287 g/mol. The molecule has 2 aromatic rings. The number of fused-ring (bicyclic) bond motifs is 1. The molecule has 0 saturated carbocycles. The van der Waals surface area contributed by atoms with Crippen molar-refractivity contribution < 1.29 is 9.53 Å². The van der Waals surface area contributed by atoms with E-state index in [0.717, 1.165) is 23.7 Å². The predicted octanol–water partition coefficient (Wildman–Crippen LogP) is 3.41. The van der Waals surface area contributed by atoms with Gasteiger partial charge in [0.05, 0.1) is 17.8 Å². The van der Waals surface area contributed by atoms with Gasteiger partial charge in [-0.25, -0.2) is 4.79 Å². The molecule has 0 spiro atoms. The van der Waals surface area contributed by atoms with E-state index in [-0.39, 0.29) is 11.7 Å². The van der Waals surface area contributed by atoms with Crippen LogP contribution < -0.4 is 5.32 Å². The van der Waals surface area contributed by atoms with Crippen LogP contribution in [0, 0.1) is 0 Å². The number of nitrogens with one attached hydrogen (secondary N) is 1. The molecule has 0 fully saturated rings. The minimum atomic E-state index is -0.441. The quantitative estimate of drug-likeness (QED) is 0.825. The summed E-state index contributed by atoms with van der Waals surface area (Å²) < 4.78 is 5.08. The van der Waals surface area contributed by atoms with Crippen molar-refractivity contribution in [3.63, 3.8) is 0 Å². The lowest BCUT2D eigenvalue weighted by Crippen LogP contribution is -2.21. The first-order valence-electron chi connectivity index (χ1n) is 7.40.